The van der Waals surface area contributed by atoms with Crippen LogP contribution in [0.1, 0.15) is 23.7 Å². The van der Waals surface area contributed by atoms with Crippen molar-refractivity contribution < 1.29 is 18.3 Å². The summed E-state index contributed by atoms with van der Waals surface area (Å²) in [5.41, 5.74) is 6.37. The molecule has 0 amide bonds. The SMILES string of the molecule is Cc1ccc([C@H](O)C[C@@H](N)C(F)(F)F)cc1. The third-order valence-corrected chi connectivity index (χ3v) is 2.36. The molecule has 1 rings (SSSR count). The molecule has 0 aromatic heterocycles. The number of aryl methyl sites for hydroxylation is 1. The molecule has 5 heteroatoms. The van der Waals surface area contributed by atoms with Crippen molar-refractivity contribution in [2.75, 3.05) is 0 Å². The van der Waals surface area contributed by atoms with Gasteiger partial charge in [-0.3, -0.25) is 0 Å². The number of halogens is 3. The minimum Gasteiger partial charge on any atom is -0.388 e. The highest BCUT2D eigenvalue weighted by Gasteiger charge is 2.37. The van der Waals surface area contributed by atoms with Crippen LogP contribution in [-0.2, 0) is 0 Å². The average Bonchev–Trinajstić information content (AvgIpc) is 2.17. The molecule has 2 atom stereocenters. The number of hydrogen-bond acceptors (Lipinski definition) is 2. The fraction of sp³-hybridized carbons (Fsp3) is 0.455. The topological polar surface area (TPSA) is 46.2 Å². The number of rotatable bonds is 3. The van der Waals surface area contributed by atoms with E-state index >= 15 is 0 Å². The summed E-state index contributed by atoms with van der Waals surface area (Å²) in [7, 11) is 0. The Balaban J connectivity index is 2.65. The van der Waals surface area contributed by atoms with E-state index in [1.807, 2.05) is 6.92 Å². The molecule has 2 nitrogen and oxygen atoms in total. The number of benzene rings is 1. The van der Waals surface area contributed by atoms with Crippen LogP contribution in [0, 0.1) is 6.92 Å². The van der Waals surface area contributed by atoms with Crippen molar-refractivity contribution >= 4 is 0 Å². The normalized spacial score (nSPS) is 15.9. The van der Waals surface area contributed by atoms with Gasteiger partial charge in [-0.05, 0) is 12.5 Å². The van der Waals surface area contributed by atoms with Gasteiger partial charge in [0.1, 0.15) is 6.04 Å². The first-order valence-corrected chi connectivity index (χ1v) is 4.87. The Morgan fingerprint density at radius 2 is 1.75 bits per heavy atom. The van der Waals surface area contributed by atoms with Gasteiger partial charge in [-0.1, -0.05) is 29.8 Å². The van der Waals surface area contributed by atoms with E-state index in [-0.39, 0.29) is 0 Å². The lowest BCUT2D eigenvalue weighted by atomic mass is 10.0. The van der Waals surface area contributed by atoms with Crippen molar-refractivity contribution in [2.24, 2.45) is 5.73 Å². The molecular formula is C11H14F3NO. The molecule has 0 aliphatic heterocycles. The molecule has 16 heavy (non-hydrogen) atoms. The van der Waals surface area contributed by atoms with Crippen molar-refractivity contribution in [1.82, 2.24) is 0 Å². The van der Waals surface area contributed by atoms with Gasteiger partial charge in [0, 0.05) is 6.42 Å². The zero-order valence-corrected chi connectivity index (χ0v) is 8.83. The van der Waals surface area contributed by atoms with Gasteiger partial charge in [-0.2, -0.15) is 13.2 Å². The molecule has 0 heterocycles. The molecule has 1 aromatic carbocycles. The summed E-state index contributed by atoms with van der Waals surface area (Å²) in [6, 6.07) is 4.67. The number of aliphatic hydroxyl groups excluding tert-OH is 1. The first-order valence-electron chi connectivity index (χ1n) is 4.87. The van der Waals surface area contributed by atoms with Crippen molar-refractivity contribution in [3.63, 3.8) is 0 Å². The summed E-state index contributed by atoms with van der Waals surface area (Å²) < 4.78 is 36.5. The van der Waals surface area contributed by atoms with E-state index in [0.29, 0.717) is 5.56 Å². The maximum absolute atomic E-state index is 12.2. The van der Waals surface area contributed by atoms with Crippen LogP contribution in [-0.4, -0.2) is 17.3 Å². The van der Waals surface area contributed by atoms with Gasteiger partial charge >= 0.3 is 6.18 Å². The Morgan fingerprint density at radius 1 is 1.25 bits per heavy atom. The highest BCUT2D eigenvalue weighted by Crippen LogP contribution is 2.26. The zero-order chi connectivity index (χ0) is 12.3. The Hall–Kier alpha value is -1.07. The lowest BCUT2D eigenvalue weighted by molar-refractivity contribution is -0.153. The summed E-state index contributed by atoms with van der Waals surface area (Å²) in [4.78, 5) is 0. The monoisotopic (exact) mass is 233 g/mol. The van der Waals surface area contributed by atoms with Crippen LogP contribution in [0.4, 0.5) is 13.2 Å². The largest absolute Gasteiger partial charge is 0.403 e. The van der Waals surface area contributed by atoms with Crippen LogP contribution in [0.25, 0.3) is 0 Å². The molecule has 0 bridgehead atoms. The fourth-order valence-corrected chi connectivity index (χ4v) is 1.30. The van der Waals surface area contributed by atoms with Gasteiger partial charge < -0.3 is 10.8 Å². The maximum atomic E-state index is 12.2. The summed E-state index contributed by atoms with van der Waals surface area (Å²) >= 11 is 0. The van der Waals surface area contributed by atoms with E-state index in [0.717, 1.165) is 5.56 Å². The summed E-state index contributed by atoms with van der Waals surface area (Å²) in [6.45, 7) is 1.86. The minimum atomic E-state index is -4.47. The number of nitrogens with two attached hydrogens (primary N) is 1. The average molecular weight is 233 g/mol. The van der Waals surface area contributed by atoms with Crippen LogP contribution in [0.3, 0.4) is 0 Å². The quantitative estimate of drug-likeness (QED) is 0.841. The zero-order valence-electron chi connectivity index (χ0n) is 8.83. The first kappa shape index (κ1) is 13.0. The van der Waals surface area contributed by atoms with Crippen molar-refractivity contribution in [3.05, 3.63) is 35.4 Å². The van der Waals surface area contributed by atoms with E-state index in [9.17, 15) is 18.3 Å². The fourth-order valence-electron chi connectivity index (χ4n) is 1.30. The van der Waals surface area contributed by atoms with Crippen molar-refractivity contribution in [2.45, 2.75) is 31.7 Å². The number of aliphatic hydroxyl groups is 1. The summed E-state index contributed by atoms with van der Waals surface area (Å²) in [6.07, 6.45) is -6.17. The molecule has 0 radical (unpaired) electrons. The van der Waals surface area contributed by atoms with E-state index in [1.54, 1.807) is 24.3 Å². The molecule has 0 unspecified atom stereocenters. The summed E-state index contributed by atoms with van der Waals surface area (Å²) in [5.74, 6) is 0. The van der Waals surface area contributed by atoms with E-state index in [4.69, 9.17) is 5.73 Å². The predicted molar refractivity (Wildman–Crippen MR) is 54.8 cm³/mol. The molecule has 0 saturated heterocycles. The lowest BCUT2D eigenvalue weighted by Gasteiger charge is -2.19. The van der Waals surface area contributed by atoms with Gasteiger partial charge in [0.05, 0.1) is 6.10 Å². The third kappa shape index (κ3) is 3.50. The number of alkyl halides is 3. The van der Waals surface area contributed by atoms with Crippen molar-refractivity contribution in [1.29, 1.82) is 0 Å². The molecule has 0 aliphatic rings. The Labute approximate surface area is 91.9 Å². The summed E-state index contributed by atoms with van der Waals surface area (Å²) in [5, 5.41) is 9.57. The van der Waals surface area contributed by atoms with Gasteiger partial charge in [0.2, 0.25) is 0 Å². The minimum absolute atomic E-state index is 0.449. The molecule has 1 aromatic rings. The molecule has 0 fully saturated rings. The smallest absolute Gasteiger partial charge is 0.388 e. The lowest BCUT2D eigenvalue weighted by Crippen LogP contribution is -2.38. The van der Waals surface area contributed by atoms with Crippen LogP contribution in [0.2, 0.25) is 0 Å². The van der Waals surface area contributed by atoms with Crippen LogP contribution < -0.4 is 5.73 Å². The highest BCUT2D eigenvalue weighted by molar-refractivity contribution is 5.23. The van der Waals surface area contributed by atoms with E-state index < -0.39 is 24.7 Å². The second-order valence-corrected chi connectivity index (χ2v) is 3.81. The van der Waals surface area contributed by atoms with Gasteiger partial charge in [-0.15, -0.1) is 0 Å². The van der Waals surface area contributed by atoms with Gasteiger partial charge in [0.15, 0.2) is 0 Å². The molecule has 90 valence electrons. The second kappa shape index (κ2) is 4.84. The molecule has 0 aliphatic carbocycles. The molecular weight excluding hydrogens is 219 g/mol. The Bertz CT molecular complexity index is 334. The van der Waals surface area contributed by atoms with Crippen molar-refractivity contribution in [3.8, 4) is 0 Å². The Morgan fingerprint density at radius 3 is 2.19 bits per heavy atom. The van der Waals surface area contributed by atoms with E-state index in [2.05, 4.69) is 0 Å². The molecule has 0 spiro atoms. The third-order valence-electron chi connectivity index (χ3n) is 2.36. The highest BCUT2D eigenvalue weighted by atomic mass is 19.4. The van der Waals surface area contributed by atoms with Crippen LogP contribution in [0.5, 0.6) is 0 Å². The van der Waals surface area contributed by atoms with E-state index in [1.165, 1.54) is 0 Å². The van der Waals surface area contributed by atoms with Gasteiger partial charge in [-0.25, -0.2) is 0 Å². The molecule has 3 N–H and O–H groups in total. The van der Waals surface area contributed by atoms with Crippen LogP contribution >= 0.6 is 0 Å². The standard InChI is InChI=1S/C11H14F3NO/c1-7-2-4-8(5-3-7)9(16)6-10(15)11(12,13)14/h2-5,9-10,16H,6,15H2,1H3/t9-,10-/m1/s1. The number of hydrogen-bond donors (Lipinski definition) is 2. The molecule has 0 saturated carbocycles. The van der Waals surface area contributed by atoms with Crippen LogP contribution in [0.15, 0.2) is 24.3 Å². The Kier molecular flexibility index (Phi) is 3.93. The predicted octanol–water partition coefficient (Wildman–Crippen LogP) is 2.31. The second-order valence-electron chi connectivity index (χ2n) is 3.81. The van der Waals surface area contributed by atoms with Gasteiger partial charge in [0.25, 0.3) is 0 Å². The first-order chi connectivity index (χ1) is 7.30. The maximum Gasteiger partial charge on any atom is 0.403 e.